The van der Waals surface area contributed by atoms with Gasteiger partial charge in [-0.3, -0.25) is 86.3 Å². The molecule has 0 spiro atoms. The maximum absolute atomic E-state index is 15.0. The van der Waals surface area contributed by atoms with E-state index in [0.29, 0.717) is 12.8 Å². The largest absolute Gasteiger partial charge is 0.481 e. The first-order valence-corrected chi connectivity index (χ1v) is 42.6. The number of unbranched alkanes of at least 4 members (excludes halogenated alkanes) is 4. The summed E-state index contributed by atoms with van der Waals surface area (Å²) in [6.45, 7) is 28.9. The first kappa shape index (κ1) is 109. The van der Waals surface area contributed by atoms with Crippen LogP contribution in [-0.2, 0) is 95.8 Å². The predicted molar refractivity (Wildman–Crippen MR) is 446 cm³/mol. The molecule has 0 aromatic heterocycles. The lowest BCUT2D eigenvalue weighted by Crippen LogP contribution is -2.62. The van der Waals surface area contributed by atoms with E-state index >= 15 is 4.79 Å². The molecule has 1 aliphatic rings. The highest BCUT2D eigenvalue weighted by atomic mass is 16.5. The minimum absolute atomic E-state index is 0.00321. The molecule has 22 N–H and O–H groups in total. The number of carbonyl (C=O) groups excluding carboxylic acids is 18. The average Bonchev–Trinajstić information content (AvgIpc) is 1.19. The van der Waals surface area contributed by atoms with E-state index < -0.39 is 285 Å². The highest BCUT2D eigenvalue weighted by Crippen LogP contribution is 2.19. The lowest BCUT2D eigenvalue weighted by atomic mass is 9.98. The second-order valence-electron chi connectivity index (χ2n) is 34.5. The molecule has 0 aliphatic carbocycles. The van der Waals surface area contributed by atoms with Crippen LogP contribution >= 0.6 is 0 Å². The van der Waals surface area contributed by atoms with Crippen molar-refractivity contribution in [3.63, 3.8) is 0 Å². The van der Waals surface area contributed by atoms with Crippen molar-refractivity contribution < 1.29 is 106 Å². The zero-order valence-electron chi connectivity index (χ0n) is 74.1. The molecule has 1 aliphatic heterocycles. The van der Waals surface area contributed by atoms with Gasteiger partial charge >= 0.3 is 11.9 Å². The van der Waals surface area contributed by atoms with E-state index in [0.717, 1.165) is 25.7 Å². The Morgan fingerprint density at radius 1 is 0.430 bits per heavy atom. The van der Waals surface area contributed by atoms with Crippen LogP contribution in [0.2, 0.25) is 0 Å². The summed E-state index contributed by atoms with van der Waals surface area (Å²) in [5.41, 5.74) is 16.6. The number of carboxylic acids is 1. The lowest BCUT2D eigenvalue weighted by molar-refractivity contribution is -0.152. The van der Waals surface area contributed by atoms with E-state index in [-0.39, 0.29) is 68.6 Å². The van der Waals surface area contributed by atoms with Crippen LogP contribution in [0.1, 0.15) is 259 Å². The molecule has 0 radical (unpaired) electrons. The number of aliphatic hydroxyl groups excluding tert-OH is 1. The smallest absolute Gasteiger partial charge is 0.329 e. The monoisotopic (exact) mass is 1720 g/mol. The molecule has 688 valence electrons. The fourth-order valence-electron chi connectivity index (χ4n) is 13.0. The SMILES string of the molecule is CCCCCCC[C@@H](O)CC(=O)N[C@@H](CC(C)C)C(=O)N[C@H](CCC(=O)O)C(=O)N[C@H](CCC(N)=O)C(=O)N[C@@H](C(=O)N[C@H](CC(C)C)C(=O)N[C@@H](CCC(N)=O)C(=O)N[C@@H]1COC(=O)[C@H]([C@@H](C)CC)NC(=O)[C@@H](C)NC(=O)[C@H](CC(C)C)NC(=O)[C@H](CC(C)C)NC(=O)[C@@H](CCC(N)=O)NC(=O)[C@@H](CC(C)C)NC(=O)[C@@H](C(C)C)NC1=O)C(C)C. The van der Waals surface area contributed by atoms with E-state index in [4.69, 9.17) is 21.9 Å². The van der Waals surface area contributed by atoms with E-state index in [1.807, 2.05) is 0 Å². The molecule has 1 rings (SSSR count). The minimum atomic E-state index is -2.05. The van der Waals surface area contributed by atoms with Crippen LogP contribution in [0.25, 0.3) is 0 Å². The van der Waals surface area contributed by atoms with Gasteiger partial charge in [0, 0.05) is 25.7 Å². The van der Waals surface area contributed by atoms with Crippen LogP contribution in [0.4, 0.5) is 0 Å². The Bertz CT molecular complexity index is 3480. The fourth-order valence-corrected chi connectivity index (χ4v) is 13.0. The summed E-state index contributed by atoms with van der Waals surface area (Å²) in [7, 11) is 0. The zero-order chi connectivity index (χ0) is 92.4. The Balaban J connectivity index is 4.12. The van der Waals surface area contributed by atoms with Crippen LogP contribution in [0.5, 0.6) is 0 Å². The molecule has 0 aromatic carbocycles. The minimum Gasteiger partial charge on any atom is -0.481 e. The number of cyclic esters (lactones) is 1. The first-order valence-electron chi connectivity index (χ1n) is 42.6. The Kier molecular flexibility index (Phi) is 50.2. The average molecular weight is 1720 g/mol. The number of carboxylic acid groups (broad SMARTS) is 1. The number of hydrogen-bond donors (Lipinski definition) is 19. The first-order chi connectivity index (χ1) is 56.4. The molecule has 39 heteroatoms. The number of aliphatic hydroxyl groups is 1. The van der Waals surface area contributed by atoms with Crippen LogP contribution < -0.4 is 91.6 Å². The van der Waals surface area contributed by atoms with Gasteiger partial charge in [0.2, 0.25) is 100 Å². The number of hydrogen-bond acceptors (Lipinski definition) is 21. The summed E-state index contributed by atoms with van der Waals surface area (Å²) >= 11 is 0. The molecule has 0 saturated carbocycles. The molecule has 1 fully saturated rings. The molecular formula is C82H143N17O22. The highest BCUT2D eigenvalue weighted by Gasteiger charge is 2.41. The summed E-state index contributed by atoms with van der Waals surface area (Å²) in [6, 6.07) is -22.1. The van der Waals surface area contributed by atoms with Gasteiger partial charge in [-0.15, -0.1) is 0 Å². The third-order valence-electron chi connectivity index (χ3n) is 20.0. The number of nitrogens with one attached hydrogen (secondary N) is 14. The third kappa shape index (κ3) is 43.3. The molecule has 1 saturated heterocycles. The summed E-state index contributed by atoms with van der Waals surface area (Å²) in [4.78, 5) is 266. The number of aliphatic carboxylic acids is 1. The number of carbonyl (C=O) groups is 19. The summed E-state index contributed by atoms with van der Waals surface area (Å²) in [5.74, 6) is -23.2. The van der Waals surface area contributed by atoms with Crippen molar-refractivity contribution in [1.82, 2.24) is 74.4 Å². The lowest BCUT2D eigenvalue weighted by Gasteiger charge is -2.30. The van der Waals surface area contributed by atoms with Crippen molar-refractivity contribution in [2.45, 2.75) is 350 Å². The maximum Gasteiger partial charge on any atom is 0.329 e. The molecule has 17 amide bonds. The second-order valence-corrected chi connectivity index (χ2v) is 34.5. The van der Waals surface area contributed by atoms with E-state index in [1.165, 1.54) is 34.6 Å². The Hall–Kier alpha value is -10.1. The van der Waals surface area contributed by atoms with Gasteiger partial charge in [-0.05, 0) is 118 Å². The maximum atomic E-state index is 15.0. The fraction of sp³-hybridized carbons (Fsp3) is 0.768. The summed E-state index contributed by atoms with van der Waals surface area (Å²) < 4.78 is 5.77. The quantitative estimate of drug-likeness (QED) is 0.0275. The van der Waals surface area contributed by atoms with Crippen molar-refractivity contribution >= 4 is 112 Å². The van der Waals surface area contributed by atoms with Crippen LogP contribution in [0.15, 0.2) is 0 Å². The molecule has 0 aromatic rings. The van der Waals surface area contributed by atoms with Gasteiger partial charge in [0.1, 0.15) is 91.2 Å². The normalized spacial score (nSPS) is 20.9. The van der Waals surface area contributed by atoms with Crippen molar-refractivity contribution in [3.05, 3.63) is 0 Å². The van der Waals surface area contributed by atoms with Crippen molar-refractivity contribution in [3.8, 4) is 0 Å². The predicted octanol–water partition coefficient (Wildman–Crippen LogP) is -0.288. The molecule has 121 heavy (non-hydrogen) atoms. The van der Waals surface area contributed by atoms with Crippen LogP contribution in [0.3, 0.4) is 0 Å². The van der Waals surface area contributed by atoms with Gasteiger partial charge in [-0.1, -0.05) is 156 Å². The van der Waals surface area contributed by atoms with Crippen molar-refractivity contribution in [1.29, 1.82) is 0 Å². The summed E-state index contributed by atoms with van der Waals surface area (Å²) in [6.07, 6.45) is -0.855. The number of esters is 1. The Morgan fingerprint density at radius 3 is 1.27 bits per heavy atom. The Morgan fingerprint density at radius 2 is 0.835 bits per heavy atom. The van der Waals surface area contributed by atoms with Gasteiger partial charge in [-0.2, -0.15) is 0 Å². The Labute approximate surface area is 711 Å². The van der Waals surface area contributed by atoms with Gasteiger partial charge in [0.25, 0.3) is 0 Å². The van der Waals surface area contributed by atoms with Gasteiger partial charge in [-0.25, -0.2) is 4.79 Å². The molecular weight excluding hydrogens is 1570 g/mol. The number of nitrogens with two attached hydrogens (primary N) is 3. The molecule has 16 atom stereocenters. The zero-order valence-corrected chi connectivity index (χ0v) is 74.1. The van der Waals surface area contributed by atoms with E-state index in [9.17, 15) is 96.5 Å². The molecule has 0 bridgehead atoms. The number of ether oxygens (including phenoxy) is 1. The molecule has 0 unspecified atom stereocenters. The van der Waals surface area contributed by atoms with Crippen molar-refractivity contribution in [2.24, 2.45) is 64.5 Å². The molecule has 1 heterocycles. The van der Waals surface area contributed by atoms with Crippen LogP contribution in [-0.4, -0.2) is 220 Å². The van der Waals surface area contributed by atoms with Gasteiger partial charge < -0.3 is 107 Å². The highest BCUT2D eigenvalue weighted by molar-refractivity contribution is 6.01. The standard InChI is InChI=1S/C82H143N17O22/c1-19-21-22-23-24-25-50(100)39-64(104)87-55(34-41(3)4)75(113)91-54(29-33-65(105)106)70(108)88-53(28-32-63(85)103)73(111)97-66(46(13)14)80(118)94-59(38-45(11)12)77(115)90-52(27-31-62(84)102)72(110)96-60-40-121-82(120)68(48(17)20-2)99-69(107)49(18)86-74(112)56(35-42(5)6)93-78(116)57(36-43(7)8)92-71(109)51(26-30-61(83)101)89-76(114)58(37-44(9)10)95-81(119)67(47(15)16)98-79(60)117/h41-60,66-68,100H,19-40H2,1-18H3,(H2,83,101)(H2,84,102)(H2,85,103)(H,86,112)(H,87,104)(H,88,108)(H,89,114)(H,90,115)(H,91,113)(H,92,109)(H,93,116)(H,94,118)(H,95,119)(H,96,110)(H,97,111)(H,98,117)(H,99,107)(H,105,106)/t48-,49+,50+,51+,52-,53+,54+,55-,56-,57-,58+,59+,60+,66+,67+,68-/m0/s1. The van der Waals surface area contributed by atoms with Gasteiger partial charge in [0.15, 0.2) is 0 Å². The second kappa shape index (κ2) is 55.7. The molecule has 39 nitrogen and oxygen atoms in total. The van der Waals surface area contributed by atoms with Crippen LogP contribution in [0, 0.1) is 47.3 Å². The van der Waals surface area contributed by atoms with Crippen molar-refractivity contribution in [2.75, 3.05) is 6.61 Å². The third-order valence-corrected chi connectivity index (χ3v) is 20.0. The topological polar surface area (TPSA) is 620 Å². The van der Waals surface area contributed by atoms with E-state index in [2.05, 4.69) is 81.4 Å². The van der Waals surface area contributed by atoms with E-state index in [1.54, 1.807) is 83.1 Å². The number of rotatable bonds is 47. The number of amides is 17. The van der Waals surface area contributed by atoms with Gasteiger partial charge in [0.05, 0.1) is 12.5 Å². The number of primary amides is 3. The summed E-state index contributed by atoms with van der Waals surface area (Å²) in [5, 5.41) is 56.2.